The van der Waals surface area contributed by atoms with Crippen LogP contribution in [0.2, 0.25) is 0 Å². The number of rotatable bonds is 5. The van der Waals surface area contributed by atoms with Crippen LogP contribution >= 0.6 is 11.3 Å². The van der Waals surface area contributed by atoms with Gasteiger partial charge in [-0.25, -0.2) is 9.37 Å². The van der Waals surface area contributed by atoms with E-state index in [2.05, 4.69) is 37.3 Å². The van der Waals surface area contributed by atoms with Crippen molar-refractivity contribution in [3.05, 3.63) is 58.3 Å². The number of piperazine rings is 1. The van der Waals surface area contributed by atoms with Crippen LogP contribution in [0.25, 0.3) is 11.3 Å². The molecule has 5 nitrogen and oxygen atoms in total. The van der Waals surface area contributed by atoms with Crippen molar-refractivity contribution in [1.82, 2.24) is 20.1 Å². The highest BCUT2D eigenvalue weighted by atomic mass is 32.1. The van der Waals surface area contributed by atoms with Gasteiger partial charge in [0, 0.05) is 43.7 Å². The third-order valence-electron chi connectivity index (χ3n) is 4.77. The Morgan fingerprint density at radius 3 is 2.41 bits per heavy atom. The molecule has 0 unspecified atom stereocenters. The summed E-state index contributed by atoms with van der Waals surface area (Å²) >= 11 is 1.75. The third kappa shape index (κ3) is 4.31. The topological polar surface area (TPSA) is 45.2 Å². The lowest BCUT2D eigenvalue weighted by atomic mass is 10.1. The Kier molecular flexibility index (Phi) is 5.40. The first-order valence-corrected chi connectivity index (χ1v) is 10.1. The number of anilines is 1. The minimum absolute atomic E-state index is 0.246. The van der Waals surface area contributed by atoms with Gasteiger partial charge in [-0.05, 0) is 42.8 Å². The van der Waals surface area contributed by atoms with Gasteiger partial charge < -0.3 is 4.90 Å². The van der Waals surface area contributed by atoms with E-state index in [0.29, 0.717) is 0 Å². The van der Waals surface area contributed by atoms with Crippen LogP contribution in [0.1, 0.15) is 17.6 Å². The van der Waals surface area contributed by atoms with Crippen LogP contribution in [0, 0.1) is 5.82 Å². The molecular weight excluding hydrogens is 361 g/mol. The van der Waals surface area contributed by atoms with Crippen LogP contribution in [0.5, 0.6) is 0 Å². The lowest BCUT2D eigenvalue weighted by Gasteiger charge is -2.34. The van der Waals surface area contributed by atoms with Gasteiger partial charge in [-0.3, -0.25) is 4.90 Å². The Labute approximate surface area is 162 Å². The molecule has 27 heavy (non-hydrogen) atoms. The molecule has 1 fully saturated rings. The van der Waals surface area contributed by atoms with Crippen LogP contribution in [-0.2, 0) is 13.0 Å². The van der Waals surface area contributed by atoms with Crippen LogP contribution in [0.3, 0.4) is 0 Å². The molecule has 0 atom stereocenters. The molecular formula is C20H22FN5S. The van der Waals surface area contributed by atoms with Gasteiger partial charge in [-0.2, -0.15) is 0 Å². The van der Waals surface area contributed by atoms with Crippen molar-refractivity contribution in [2.24, 2.45) is 0 Å². The first kappa shape index (κ1) is 18.0. The SMILES string of the molecule is CCc1nc(CN2CCN(c3ccc(-c4ccc(F)cc4)nn3)CC2)cs1. The summed E-state index contributed by atoms with van der Waals surface area (Å²) in [4.78, 5) is 9.36. The Morgan fingerprint density at radius 1 is 1.00 bits per heavy atom. The van der Waals surface area contributed by atoms with Gasteiger partial charge in [-0.15, -0.1) is 21.5 Å². The summed E-state index contributed by atoms with van der Waals surface area (Å²) in [5, 5.41) is 12.1. The smallest absolute Gasteiger partial charge is 0.151 e. The molecule has 2 aromatic heterocycles. The molecule has 0 bridgehead atoms. The lowest BCUT2D eigenvalue weighted by molar-refractivity contribution is 0.247. The third-order valence-corrected chi connectivity index (χ3v) is 5.82. The number of thiazole rings is 1. The lowest BCUT2D eigenvalue weighted by Crippen LogP contribution is -2.46. The molecule has 3 aromatic rings. The highest BCUT2D eigenvalue weighted by molar-refractivity contribution is 7.09. The standard InChI is InChI=1S/C20H22FN5S/c1-2-20-22-17(14-27-20)13-25-9-11-26(12-10-25)19-8-7-18(23-24-19)15-3-5-16(21)6-4-15/h3-8,14H,2,9-13H2,1H3. The van der Waals surface area contributed by atoms with E-state index in [1.165, 1.54) is 22.8 Å². The van der Waals surface area contributed by atoms with Gasteiger partial charge >= 0.3 is 0 Å². The van der Waals surface area contributed by atoms with Crippen molar-refractivity contribution >= 4 is 17.2 Å². The fourth-order valence-corrected chi connectivity index (χ4v) is 3.95. The van der Waals surface area contributed by atoms with Gasteiger partial charge in [0.05, 0.1) is 16.4 Å². The maximum Gasteiger partial charge on any atom is 0.151 e. The molecule has 0 N–H and O–H groups in total. The number of nitrogens with zero attached hydrogens (tertiary/aromatic N) is 5. The summed E-state index contributed by atoms with van der Waals surface area (Å²) in [5.74, 6) is 0.646. The van der Waals surface area contributed by atoms with E-state index < -0.39 is 0 Å². The van der Waals surface area contributed by atoms with Crippen molar-refractivity contribution in [2.45, 2.75) is 19.9 Å². The minimum Gasteiger partial charge on any atom is -0.353 e. The van der Waals surface area contributed by atoms with E-state index >= 15 is 0 Å². The Balaban J connectivity index is 1.34. The Hall–Kier alpha value is -2.38. The van der Waals surface area contributed by atoms with Crippen molar-refractivity contribution in [2.75, 3.05) is 31.1 Å². The second-order valence-corrected chi connectivity index (χ2v) is 7.58. The van der Waals surface area contributed by atoms with Gasteiger partial charge in [0.1, 0.15) is 5.82 Å². The summed E-state index contributed by atoms with van der Waals surface area (Å²) in [7, 11) is 0. The van der Waals surface area contributed by atoms with Crippen LogP contribution < -0.4 is 4.90 Å². The number of aryl methyl sites for hydroxylation is 1. The van der Waals surface area contributed by atoms with Crippen LogP contribution in [-0.4, -0.2) is 46.3 Å². The minimum atomic E-state index is -0.246. The number of hydrogen-bond donors (Lipinski definition) is 0. The van der Waals surface area contributed by atoms with Crippen molar-refractivity contribution < 1.29 is 4.39 Å². The van der Waals surface area contributed by atoms with E-state index in [0.717, 1.165) is 56.2 Å². The average molecular weight is 383 g/mol. The molecule has 0 amide bonds. The van der Waals surface area contributed by atoms with E-state index in [1.807, 2.05) is 12.1 Å². The number of benzene rings is 1. The summed E-state index contributed by atoms with van der Waals surface area (Å²) in [6.45, 7) is 6.88. The zero-order valence-corrected chi connectivity index (χ0v) is 16.1. The molecule has 1 aliphatic heterocycles. The van der Waals surface area contributed by atoms with Gasteiger partial charge in [-0.1, -0.05) is 6.92 Å². The monoisotopic (exact) mass is 383 g/mol. The summed E-state index contributed by atoms with van der Waals surface area (Å²) in [6, 6.07) is 10.3. The highest BCUT2D eigenvalue weighted by Crippen LogP contribution is 2.20. The van der Waals surface area contributed by atoms with Gasteiger partial charge in [0.25, 0.3) is 0 Å². The molecule has 0 spiro atoms. The number of hydrogen-bond acceptors (Lipinski definition) is 6. The summed E-state index contributed by atoms with van der Waals surface area (Å²) in [6.07, 6.45) is 1.00. The average Bonchev–Trinajstić information content (AvgIpc) is 3.17. The first-order chi connectivity index (χ1) is 13.2. The fraction of sp³-hybridized carbons (Fsp3) is 0.350. The molecule has 1 aromatic carbocycles. The normalized spacial score (nSPS) is 15.3. The first-order valence-electron chi connectivity index (χ1n) is 9.21. The van der Waals surface area contributed by atoms with E-state index in [9.17, 15) is 4.39 Å². The second-order valence-electron chi connectivity index (χ2n) is 6.63. The summed E-state index contributed by atoms with van der Waals surface area (Å²) in [5.41, 5.74) is 2.80. The van der Waals surface area contributed by atoms with Crippen LogP contribution in [0.15, 0.2) is 41.8 Å². The van der Waals surface area contributed by atoms with Crippen molar-refractivity contribution in [3.63, 3.8) is 0 Å². The molecule has 7 heteroatoms. The number of aromatic nitrogens is 3. The second kappa shape index (κ2) is 8.10. The van der Waals surface area contributed by atoms with E-state index in [1.54, 1.807) is 23.5 Å². The van der Waals surface area contributed by atoms with Gasteiger partial charge in [0.15, 0.2) is 5.82 Å². The molecule has 1 aliphatic rings. The van der Waals surface area contributed by atoms with Crippen molar-refractivity contribution in [1.29, 1.82) is 0 Å². The number of halogens is 1. The predicted molar refractivity (Wildman–Crippen MR) is 106 cm³/mol. The predicted octanol–water partition coefficient (Wildman–Crippen LogP) is 3.62. The highest BCUT2D eigenvalue weighted by Gasteiger charge is 2.19. The van der Waals surface area contributed by atoms with E-state index in [-0.39, 0.29) is 5.82 Å². The molecule has 0 radical (unpaired) electrons. The maximum absolute atomic E-state index is 13.0. The molecule has 3 heterocycles. The Morgan fingerprint density at radius 2 is 1.78 bits per heavy atom. The molecule has 4 rings (SSSR count). The van der Waals surface area contributed by atoms with Gasteiger partial charge in [0.2, 0.25) is 0 Å². The maximum atomic E-state index is 13.0. The summed E-state index contributed by atoms with van der Waals surface area (Å²) < 4.78 is 13.0. The molecule has 0 saturated carbocycles. The zero-order valence-electron chi connectivity index (χ0n) is 15.3. The quantitative estimate of drug-likeness (QED) is 0.673. The largest absolute Gasteiger partial charge is 0.353 e. The van der Waals surface area contributed by atoms with Crippen molar-refractivity contribution in [3.8, 4) is 11.3 Å². The van der Waals surface area contributed by atoms with E-state index in [4.69, 9.17) is 0 Å². The molecule has 140 valence electrons. The molecule has 0 aliphatic carbocycles. The van der Waals surface area contributed by atoms with Crippen LogP contribution in [0.4, 0.5) is 10.2 Å². The fourth-order valence-electron chi connectivity index (χ4n) is 3.22. The zero-order chi connectivity index (χ0) is 18.6. The Bertz CT molecular complexity index is 870. The molecule has 1 saturated heterocycles.